The number of carbonyl (C=O) groups is 1. The second-order valence-corrected chi connectivity index (χ2v) is 10.8. The molecule has 0 amide bonds. The molecule has 0 aromatic carbocycles. The molecule has 1 nitrogen and oxygen atoms in total. The maximum absolute atomic E-state index is 11.6. The van der Waals surface area contributed by atoms with Gasteiger partial charge < -0.3 is 4.79 Å². The Morgan fingerprint density at radius 2 is 1.96 bits per heavy atom. The molecule has 4 aliphatic rings. The van der Waals surface area contributed by atoms with Gasteiger partial charge in [-0.25, -0.2) is 0 Å². The number of fused-ring (bicyclic) bond motifs is 5. The number of allylic oxidation sites excluding steroid dienone is 3. The largest absolute Gasteiger partial charge is 0.300 e. The van der Waals surface area contributed by atoms with Crippen molar-refractivity contribution in [1.82, 2.24) is 0 Å². The predicted molar refractivity (Wildman–Crippen MR) is 113 cm³/mol. The van der Waals surface area contributed by atoms with Crippen LogP contribution < -0.4 is 0 Å². The molecule has 0 bridgehead atoms. The molecule has 0 heterocycles. The molecule has 9 atom stereocenters. The fourth-order valence-corrected chi connectivity index (χ4v) is 8.27. The van der Waals surface area contributed by atoms with E-state index >= 15 is 0 Å². The van der Waals surface area contributed by atoms with Crippen LogP contribution >= 0.6 is 0 Å². The summed E-state index contributed by atoms with van der Waals surface area (Å²) < 4.78 is 0. The van der Waals surface area contributed by atoms with Gasteiger partial charge in [-0.2, -0.15) is 0 Å². The van der Waals surface area contributed by atoms with Crippen LogP contribution in [0, 0.1) is 52.3 Å². The monoisotopic (exact) mass is 368 g/mol. The highest BCUT2D eigenvalue weighted by molar-refractivity contribution is 5.75. The molecule has 27 heavy (non-hydrogen) atoms. The minimum Gasteiger partial charge on any atom is -0.300 e. The summed E-state index contributed by atoms with van der Waals surface area (Å²) in [6.07, 6.45) is 17.3. The lowest BCUT2D eigenvalue weighted by molar-refractivity contribution is -0.118. The molecule has 7 unspecified atom stereocenters. The van der Waals surface area contributed by atoms with Gasteiger partial charge in [0.15, 0.2) is 0 Å². The second kappa shape index (κ2) is 6.89. The summed E-state index contributed by atoms with van der Waals surface area (Å²) in [5.74, 6) is 6.23. The molecule has 0 aromatic heterocycles. The van der Waals surface area contributed by atoms with E-state index in [4.69, 9.17) is 0 Å². The Balaban J connectivity index is 1.65. The third-order valence-corrected chi connectivity index (χ3v) is 9.78. The summed E-state index contributed by atoms with van der Waals surface area (Å²) in [6, 6.07) is 0. The van der Waals surface area contributed by atoms with E-state index in [0.717, 1.165) is 54.8 Å². The number of rotatable bonds is 6. The lowest BCUT2D eigenvalue weighted by Crippen LogP contribution is -2.52. The first-order valence-electron chi connectivity index (χ1n) is 11.7. The maximum Gasteiger partial charge on any atom is 0.129 e. The van der Waals surface area contributed by atoms with Crippen LogP contribution in [0.2, 0.25) is 0 Å². The minimum absolute atomic E-state index is 0.374. The molecular weight excluding hydrogens is 328 g/mol. The van der Waals surface area contributed by atoms with Crippen molar-refractivity contribution in [3.8, 4) is 0 Å². The number of carbonyl (C=O) groups excluding carboxylic acids is 1. The number of Topliss-reactive ketones (excluding diaryl/α,β-unsaturated/α-hetero) is 1. The molecule has 4 rings (SSSR count). The summed E-state index contributed by atoms with van der Waals surface area (Å²) in [5, 5.41) is 0. The number of ketones is 1. The fourth-order valence-electron chi connectivity index (χ4n) is 8.27. The van der Waals surface area contributed by atoms with Crippen LogP contribution in [0.5, 0.6) is 0 Å². The maximum atomic E-state index is 11.6. The molecule has 0 aliphatic heterocycles. The third kappa shape index (κ3) is 2.82. The van der Waals surface area contributed by atoms with Gasteiger partial charge in [-0.3, -0.25) is 0 Å². The Hall–Kier alpha value is -0.850. The van der Waals surface area contributed by atoms with Gasteiger partial charge in [0.25, 0.3) is 0 Å². The van der Waals surface area contributed by atoms with E-state index in [1.807, 2.05) is 0 Å². The molecule has 4 aliphatic carbocycles. The van der Waals surface area contributed by atoms with E-state index in [0.29, 0.717) is 22.5 Å². The van der Waals surface area contributed by atoms with Gasteiger partial charge >= 0.3 is 0 Å². The molecule has 150 valence electrons. The minimum atomic E-state index is 0.374. The van der Waals surface area contributed by atoms with E-state index in [1.54, 1.807) is 6.92 Å². The van der Waals surface area contributed by atoms with Crippen LogP contribution in [0.3, 0.4) is 0 Å². The molecule has 0 N–H and O–H groups in total. The quantitative estimate of drug-likeness (QED) is 0.469. The van der Waals surface area contributed by atoms with E-state index in [1.165, 1.54) is 32.1 Å². The predicted octanol–water partition coefficient (Wildman–Crippen LogP) is 6.84. The first-order valence-corrected chi connectivity index (χ1v) is 11.7. The molecule has 4 fully saturated rings. The van der Waals surface area contributed by atoms with Gasteiger partial charge in [-0.15, -0.1) is 6.58 Å². The summed E-state index contributed by atoms with van der Waals surface area (Å²) in [6.45, 7) is 13.5. The van der Waals surface area contributed by atoms with Crippen molar-refractivity contribution >= 4 is 5.78 Å². The van der Waals surface area contributed by atoms with Crippen LogP contribution in [0.4, 0.5) is 0 Å². The van der Waals surface area contributed by atoms with Crippen molar-refractivity contribution in [1.29, 1.82) is 0 Å². The van der Waals surface area contributed by atoms with E-state index in [9.17, 15) is 4.79 Å². The van der Waals surface area contributed by atoms with Gasteiger partial charge in [-0.05, 0) is 104 Å². The lowest BCUT2D eigenvalue weighted by Gasteiger charge is -2.58. The summed E-state index contributed by atoms with van der Waals surface area (Å²) in [5.41, 5.74) is 0.846. The van der Waals surface area contributed by atoms with E-state index in [-0.39, 0.29) is 0 Å². The van der Waals surface area contributed by atoms with Crippen molar-refractivity contribution in [3.05, 3.63) is 24.8 Å². The van der Waals surface area contributed by atoms with Crippen LogP contribution in [0.15, 0.2) is 24.8 Å². The zero-order valence-corrected chi connectivity index (χ0v) is 18.0. The molecule has 0 saturated heterocycles. The van der Waals surface area contributed by atoms with E-state index < -0.39 is 0 Å². The molecular formula is C26H40O. The molecule has 0 aromatic rings. The average molecular weight is 369 g/mol. The van der Waals surface area contributed by atoms with Crippen LogP contribution in [0.1, 0.15) is 79.1 Å². The van der Waals surface area contributed by atoms with Gasteiger partial charge in [0.2, 0.25) is 0 Å². The van der Waals surface area contributed by atoms with Crippen molar-refractivity contribution in [2.75, 3.05) is 0 Å². The molecule has 0 radical (unpaired) electrons. The van der Waals surface area contributed by atoms with Crippen molar-refractivity contribution in [2.45, 2.75) is 79.1 Å². The average Bonchev–Trinajstić information content (AvgIpc) is 3.40. The van der Waals surface area contributed by atoms with Gasteiger partial charge in [0.05, 0.1) is 0 Å². The van der Waals surface area contributed by atoms with Gasteiger partial charge in [-0.1, -0.05) is 39.0 Å². The molecule has 0 spiro atoms. The van der Waals surface area contributed by atoms with Gasteiger partial charge in [0.1, 0.15) is 5.78 Å². The highest BCUT2D eigenvalue weighted by atomic mass is 16.1. The highest BCUT2D eigenvalue weighted by Gasteiger charge is 2.73. The summed E-state index contributed by atoms with van der Waals surface area (Å²) in [4.78, 5) is 11.6. The fraction of sp³-hybridized carbons (Fsp3) is 0.808. The van der Waals surface area contributed by atoms with Crippen molar-refractivity contribution < 1.29 is 4.79 Å². The van der Waals surface area contributed by atoms with Crippen molar-refractivity contribution in [2.24, 2.45) is 52.3 Å². The van der Waals surface area contributed by atoms with E-state index in [2.05, 4.69) is 45.6 Å². The second-order valence-electron chi connectivity index (χ2n) is 10.8. The summed E-state index contributed by atoms with van der Waals surface area (Å²) >= 11 is 0. The molecule has 1 heteroatoms. The Labute approximate surface area is 167 Å². The zero-order valence-electron chi connectivity index (χ0n) is 18.0. The normalized spacial score (nSPS) is 50.7. The van der Waals surface area contributed by atoms with Crippen LogP contribution in [0.25, 0.3) is 0 Å². The Kier molecular flexibility index (Phi) is 4.97. The van der Waals surface area contributed by atoms with Crippen LogP contribution in [-0.4, -0.2) is 5.78 Å². The summed E-state index contributed by atoms with van der Waals surface area (Å²) in [7, 11) is 0. The number of hydrogen-bond donors (Lipinski definition) is 0. The first kappa shape index (κ1) is 19.5. The van der Waals surface area contributed by atoms with Crippen molar-refractivity contribution in [3.63, 3.8) is 0 Å². The number of hydrogen-bond acceptors (Lipinski definition) is 1. The lowest BCUT2D eigenvalue weighted by atomic mass is 9.46. The first-order chi connectivity index (χ1) is 12.9. The van der Waals surface area contributed by atoms with Crippen LogP contribution in [-0.2, 0) is 4.79 Å². The van der Waals surface area contributed by atoms with Gasteiger partial charge in [0, 0.05) is 6.42 Å². The molecule has 4 saturated carbocycles. The Morgan fingerprint density at radius 1 is 1.19 bits per heavy atom. The SMILES string of the molecule is C=CC1CCC(CCC(C)=O)C2CC[C@@]3(C)C(C4CC4[C@@]3(C)/C=C\CC)C12. The highest BCUT2D eigenvalue weighted by Crippen LogP contribution is 2.79. The topological polar surface area (TPSA) is 17.1 Å². The Bertz CT molecular complexity index is 632. The smallest absolute Gasteiger partial charge is 0.129 e. The standard InChI is InChI=1S/C26H40O/c1-6-8-14-25(4)22-16-21(22)24-23-18(7-2)11-12-19(10-9-17(3)27)20(23)13-15-26(24,25)5/h7-8,14,18-24H,2,6,9-13,15-16H2,1,3-5H3/b14-8-/t18?,19?,20?,21?,22?,23?,24?,25-,26+/m1/s1. The Morgan fingerprint density at radius 3 is 2.63 bits per heavy atom. The zero-order chi connectivity index (χ0) is 19.4. The third-order valence-electron chi connectivity index (χ3n) is 9.78.